The Kier molecular flexibility index (Phi) is 4.99. The molecule has 3 rings (SSSR count). The first kappa shape index (κ1) is 17.2. The molecule has 1 heterocycles. The van der Waals surface area contributed by atoms with E-state index in [1.807, 2.05) is 13.0 Å². The first-order chi connectivity index (χ1) is 12.6. The molecule has 5 nitrogen and oxygen atoms in total. The Morgan fingerprint density at radius 1 is 1.15 bits per heavy atom. The van der Waals surface area contributed by atoms with Crippen LogP contribution in [0.1, 0.15) is 28.4 Å². The number of rotatable bonds is 4. The first-order valence-electron chi connectivity index (χ1n) is 7.94. The Balaban J connectivity index is 1.75. The molecule has 0 saturated heterocycles. The van der Waals surface area contributed by atoms with Crippen molar-refractivity contribution in [2.45, 2.75) is 13.3 Å². The molecular formula is C20H14FN3O2. The number of ether oxygens (including phenoxy) is 1. The normalized spacial score (nSPS) is 10.2. The lowest BCUT2D eigenvalue weighted by atomic mass is 10.1. The lowest BCUT2D eigenvalue weighted by Crippen LogP contribution is -2.09. The van der Waals surface area contributed by atoms with E-state index < -0.39 is 11.8 Å². The minimum atomic E-state index is -0.765. The number of nitriles is 1. The maximum atomic E-state index is 13.8. The summed E-state index contributed by atoms with van der Waals surface area (Å²) in [5.41, 5.74) is 2.22. The lowest BCUT2D eigenvalue weighted by molar-refractivity contribution is 0.0728. The summed E-state index contributed by atoms with van der Waals surface area (Å²) in [5.74, 6) is -1.13. The van der Waals surface area contributed by atoms with Gasteiger partial charge in [-0.2, -0.15) is 5.26 Å². The molecule has 26 heavy (non-hydrogen) atoms. The summed E-state index contributed by atoms with van der Waals surface area (Å²) in [6.45, 7) is 2.02. The molecule has 0 spiro atoms. The van der Waals surface area contributed by atoms with Crippen LogP contribution in [0.3, 0.4) is 0 Å². The fraction of sp³-hybridized carbons (Fsp3) is 0.100. The predicted molar refractivity (Wildman–Crippen MR) is 92.9 cm³/mol. The van der Waals surface area contributed by atoms with Gasteiger partial charge in [-0.1, -0.05) is 19.1 Å². The van der Waals surface area contributed by atoms with E-state index in [-0.39, 0.29) is 16.9 Å². The van der Waals surface area contributed by atoms with Gasteiger partial charge in [0.05, 0.1) is 17.2 Å². The molecule has 3 aromatic rings. The Morgan fingerprint density at radius 3 is 2.42 bits per heavy atom. The van der Waals surface area contributed by atoms with Crippen LogP contribution in [0.4, 0.5) is 4.39 Å². The molecule has 128 valence electrons. The fourth-order valence-corrected chi connectivity index (χ4v) is 2.25. The third-order valence-electron chi connectivity index (χ3n) is 3.76. The van der Waals surface area contributed by atoms with Crippen LogP contribution >= 0.6 is 0 Å². The standard InChI is InChI=1S/C20H14FN3O2/c1-2-13-11-23-19(24-12-13)15-4-6-16(7-5-15)20(25)26-18-8-3-14(10-22)9-17(18)21/h3-9,11-12H,2H2,1H3. The van der Waals surface area contributed by atoms with Crippen LogP contribution in [0.5, 0.6) is 5.75 Å². The Morgan fingerprint density at radius 2 is 1.85 bits per heavy atom. The van der Waals surface area contributed by atoms with Crippen LogP contribution in [-0.4, -0.2) is 15.9 Å². The average Bonchev–Trinajstić information content (AvgIpc) is 2.69. The van der Waals surface area contributed by atoms with Gasteiger partial charge in [0, 0.05) is 18.0 Å². The third-order valence-corrected chi connectivity index (χ3v) is 3.76. The van der Waals surface area contributed by atoms with E-state index in [2.05, 4.69) is 9.97 Å². The summed E-state index contributed by atoms with van der Waals surface area (Å²) in [6.07, 6.45) is 4.38. The van der Waals surface area contributed by atoms with Crippen molar-refractivity contribution in [3.05, 3.63) is 77.4 Å². The van der Waals surface area contributed by atoms with Crippen molar-refractivity contribution in [1.82, 2.24) is 9.97 Å². The Labute approximate surface area is 149 Å². The highest BCUT2D eigenvalue weighted by atomic mass is 19.1. The zero-order valence-electron chi connectivity index (χ0n) is 13.9. The largest absolute Gasteiger partial charge is 0.420 e. The number of nitrogens with zero attached hydrogens (tertiary/aromatic N) is 3. The van der Waals surface area contributed by atoms with Crippen molar-refractivity contribution in [1.29, 1.82) is 5.26 Å². The molecule has 0 N–H and O–H groups in total. The molecule has 1 aromatic heterocycles. The average molecular weight is 347 g/mol. The number of aryl methyl sites for hydroxylation is 1. The molecule has 0 bridgehead atoms. The summed E-state index contributed by atoms with van der Waals surface area (Å²) >= 11 is 0. The molecule has 0 aliphatic rings. The van der Waals surface area contributed by atoms with Gasteiger partial charge in [0.25, 0.3) is 0 Å². The summed E-state index contributed by atoms with van der Waals surface area (Å²) < 4.78 is 18.9. The van der Waals surface area contributed by atoms with Crippen molar-refractivity contribution in [2.24, 2.45) is 0 Å². The second-order valence-electron chi connectivity index (χ2n) is 5.49. The van der Waals surface area contributed by atoms with Crippen molar-refractivity contribution in [2.75, 3.05) is 0 Å². The van der Waals surface area contributed by atoms with Crippen molar-refractivity contribution >= 4 is 5.97 Å². The summed E-state index contributed by atoms with van der Waals surface area (Å²) in [5, 5.41) is 8.73. The van der Waals surface area contributed by atoms with Gasteiger partial charge >= 0.3 is 5.97 Å². The van der Waals surface area contributed by atoms with Crippen molar-refractivity contribution < 1.29 is 13.9 Å². The number of hydrogen-bond acceptors (Lipinski definition) is 5. The molecule has 2 aromatic carbocycles. The zero-order chi connectivity index (χ0) is 18.5. The lowest BCUT2D eigenvalue weighted by Gasteiger charge is -2.06. The van der Waals surface area contributed by atoms with Gasteiger partial charge < -0.3 is 4.74 Å². The van der Waals surface area contributed by atoms with Gasteiger partial charge in [0.2, 0.25) is 0 Å². The van der Waals surface area contributed by atoms with Crippen LogP contribution in [-0.2, 0) is 6.42 Å². The third kappa shape index (κ3) is 3.73. The monoisotopic (exact) mass is 347 g/mol. The number of hydrogen-bond donors (Lipinski definition) is 0. The van der Waals surface area contributed by atoms with Crippen LogP contribution in [0, 0.1) is 17.1 Å². The van der Waals surface area contributed by atoms with E-state index >= 15 is 0 Å². The second kappa shape index (κ2) is 7.53. The van der Waals surface area contributed by atoms with E-state index in [0.29, 0.717) is 5.82 Å². The fourth-order valence-electron chi connectivity index (χ4n) is 2.25. The number of carbonyl (C=O) groups is 1. The maximum Gasteiger partial charge on any atom is 0.343 e. The molecule has 0 amide bonds. The molecule has 0 saturated carbocycles. The SMILES string of the molecule is CCc1cnc(-c2ccc(C(=O)Oc3ccc(C#N)cc3F)cc2)nc1. The molecule has 0 aliphatic carbocycles. The van der Waals surface area contributed by atoms with E-state index in [9.17, 15) is 9.18 Å². The smallest absolute Gasteiger partial charge is 0.343 e. The molecular weight excluding hydrogens is 333 g/mol. The van der Waals surface area contributed by atoms with Crippen LogP contribution < -0.4 is 4.74 Å². The number of halogens is 1. The second-order valence-corrected chi connectivity index (χ2v) is 5.49. The topological polar surface area (TPSA) is 75.9 Å². The molecule has 0 unspecified atom stereocenters. The van der Waals surface area contributed by atoms with E-state index in [1.54, 1.807) is 36.7 Å². The number of carbonyl (C=O) groups excluding carboxylic acids is 1. The highest BCUT2D eigenvalue weighted by molar-refractivity contribution is 5.91. The Bertz CT molecular complexity index is 977. The van der Waals surface area contributed by atoms with Crippen molar-refractivity contribution in [3.63, 3.8) is 0 Å². The number of benzene rings is 2. The van der Waals surface area contributed by atoms with Crippen molar-refractivity contribution in [3.8, 4) is 23.2 Å². The minimum Gasteiger partial charge on any atom is -0.420 e. The van der Waals surface area contributed by atoms with Gasteiger partial charge in [-0.3, -0.25) is 0 Å². The van der Waals surface area contributed by atoms with Gasteiger partial charge in [-0.05, 0) is 42.3 Å². The minimum absolute atomic E-state index is 0.153. The molecule has 6 heteroatoms. The van der Waals surface area contributed by atoms with Crippen LogP contribution in [0.2, 0.25) is 0 Å². The first-order valence-corrected chi connectivity index (χ1v) is 7.94. The number of aromatic nitrogens is 2. The quantitative estimate of drug-likeness (QED) is 0.528. The van der Waals surface area contributed by atoms with Gasteiger partial charge in [0.1, 0.15) is 0 Å². The van der Waals surface area contributed by atoms with Gasteiger partial charge in [-0.15, -0.1) is 0 Å². The molecule has 0 radical (unpaired) electrons. The zero-order valence-corrected chi connectivity index (χ0v) is 13.9. The van der Waals surface area contributed by atoms with E-state index in [0.717, 1.165) is 23.6 Å². The summed E-state index contributed by atoms with van der Waals surface area (Å²) in [4.78, 5) is 20.7. The highest BCUT2D eigenvalue weighted by Gasteiger charge is 2.13. The highest BCUT2D eigenvalue weighted by Crippen LogP contribution is 2.21. The summed E-state index contributed by atoms with van der Waals surface area (Å²) in [6, 6.07) is 12.0. The Hall–Kier alpha value is -3.59. The molecule has 0 aliphatic heterocycles. The van der Waals surface area contributed by atoms with Crippen LogP contribution in [0.15, 0.2) is 54.9 Å². The molecule has 0 fully saturated rings. The maximum absolute atomic E-state index is 13.8. The van der Waals surface area contributed by atoms with Gasteiger partial charge in [0.15, 0.2) is 17.4 Å². The van der Waals surface area contributed by atoms with E-state index in [4.69, 9.17) is 10.00 Å². The summed E-state index contributed by atoms with van der Waals surface area (Å²) in [7, 11) is 0. The predicted octanol–water partition coefficient (Wildman–Crippen LogP) is 3.94. The van der Waals surface area contributed by atoms with Gasteiger partial charge in [-0.25, -0.2) is 19.2 Å². The van der Waals surface area contributed by atoms with E-state index in [1.165, 1.54) is 12.1 Å². The van der Waals surface area contributed by atoms with Crippen LogP contribution in [0.25, 0.3) is 11.4 Å². The number of esters is 1. The molecule has 0 atom stereocenters.